The van der Waals surface area contributed by atoms with Gasteiger partial charge >= 0.3 is 5.97 Å². The van der Waals surface area contributed by atoms with Crippen molar-refractivity contribution in [2.75, 3.05) is 0 Å². The maximum atomic E-state index is 12.4. The number of ketones is 1. The lowest BCUT2D eigenvalue weighted by Gasteiger charge is -2.26. The monoisotopic (exact) mass is 365 g/mol. The van der Waals surface area contributed by atoms with Crippen LogP contribution < -0.4 is 5.32 Å². The maximum absolute atomic E-state index is 12.4. The van der Waals surface area contributed by atoms with Gasteiger partial charge in [-0.2, -0.15) is 0 Å². The summed E-state index contributed by atoms with van der Waals surface area (Å²) in [6, 6.07) is 10.7. The van der Waals surface area contributed by atoms with Crippen molar-refractivity contribution in [3.63, 3.8) is 0 Å². The molecule has 1 aromatic heterocycles. The van der Waals surface area contributed by atoms with Gasteiger partial charge in [-0.3, -0.25) is 9.59 Å². The standard InChI is InChI=1S/C21H19NO5/c1-11(23)12-4-6-13(7-5-12)15-8-9-16(26-15)14-10-17(24)22-19-18(14)20(25)27-21(19,2)3/h4-9,14H,10H2,1-3H3,(H,22,24)/t14-/m1/s1. The van der Waals surface area contributed by atoms with Gasteiger partial charge in [-0.05, 0) is 32.9 Å². The fourth-order valence-electron chi connectivity index (χ4n) is 3.58. The third kappa shape index (κ3) is 2.87. The number of nitrogens with one attached hydrogen (secondary N) is 1. The fraction of sp³-hybridized carbons (Fsp3) is 0.286. The molecule has 6 nitrogen and oxygen atoms in total. The molecule has 138 valence electrons. The highest BCUT2D eigenvalue weighted by atomic mass is 16.6. The summed E-state index contributed by atoms with van der Waals surface area (Å²) < 4.78 is 11.4. The number of Topliss-reactive ketones (excluding diaryl/α,β-unsaturated/α-hetero) is 1. The molecule has 0 saturated carbocycles. The van der Waals surface area contributed by atoms with Crippen LogP contribution in [-0.4, -0.2) is 23.3 Å². The first-order valence-corrected chi connectivity index (χ1v) is 8.75. The van der Waals surface area contributed by atoms with Crippen molar-refractivity contribution in [2.24, 2.45) is 0 Å². The van der Waals surface area contributed by atoms with Crippen LogP contribution in [0, 0.1) is 0 Å². The number of esters is 1. The molecule has 2 aliphatic heterocycles. The average Bonchev–Trinajstić information content (AvgIpc) is 3.18. The quantitative estimate of drug-likeness (QED) is 0.666. The van der Waals surface area contributed by atoms with E-state index in [0.717, 1.165) is 5.56 Å². The number of rotatable bonds is 3. The Morgan fingerprint density at radius 1 is 1.11 bits per heavy atom. The van der Waals surface area contributed by atoms with Gasteiger partial charge in [-0.15, -0.1) is 0 Å². The van der Waals surface area contributed by atoms with Gasteiger partial charge in [-0.25, -0.2) is 4.79 Å². The lowest BCUT2D eigenvalue weighted by atomic mass is 9.86. The second kappa shape index (κ2) is 5.94. The minimum atomic E-state index is -0.862. The molecule has 27 heavy (non-hydrogen) atoms. The van der Waals surface area contributed by atoms with Gasteiger partial charge in [0, 0.05) is 17.5 Å². The van der Waals surface area contributed by atoms with E-state index in [4.69, 9.17) is 9.15 Å². The number of hydrogen-bond acceptors (Lipinski definition) is 5. The Bertz CT molecular complexity index is 994. The summed E-state index contributed by atoms with van der Waals surface area (Å²) >= 11 is 0. The van der Waals surface area contributed by atoms with Crippen LogP contribution in [0.3, 0.4) is 0 Å². The lowest BCUT2D eigenvalue weighted by Crippen LogP contribution is -2.38. The zero-order chi connectivity index (χ0) is 19.3. The van der Waals surface area contributed by atoms with Crippen molar-refractivity contribution >= 4 is 17.7 Å². The molecular weight excluding hydrogens is 346 g/mol. The number of furan rings is 1. The molecule has 1 N–H and O–H groups in total. The average molecular weight is 365 g/mol. The molecule has 1 atom stereocenters. The van der Waals surface area contributed by atoms with Crippen LogP contribution in [0.5, 0.6) is 0 Å². The van der Waals surface area contributed by atoms with Crippen molar-refractivity contribution in [1.29, 1.82) is 0 Å². The third-order valence-electron chi connectivity index (χ3n) is 4.99. The SMILES string of the molecule is CC(=O)c1ccc(-c2ccc([C@H]3CC(=O)NC4=C3C(=O)OC4(C)C)o2)cc1. The Kier molecular flexibility index (Phi) is 3.80. The molecule has 6 heteroatoms. The molecule has 2 aromatic rings. The molecule has 4 rings (SSSR count). The number of carbonyl (C=O) groups is 3. The highest BCUT2D eigenvalue weighted by molar-refractivity contribution is 5.99. The first-order valence-electron chi connectivity index (χ1n) is 8.75. The Hall–Kier alpha value is -3.15. The van der Waals surface area contributed by atoms with Gasteiger partial charge in [0.25, 0.3) is 0 Å². The fourth-order valence-corrected chi connectivity index (χ4v) is 3.58. The molecule has 0 aliphatic carbocycles. The summed E-state index contributed by atoms with van der Waals surface area (Å²) in [5.74, 6) is 0.0687. The molecule has 1 amide bonds. The molecule has 0 radical (unpaired) electrons. The normalized spacial score (nSPS) is 20.9. The van der Waals surface area contributed by atoms with E-state index in [1.54, 1.807) is 38.1 Å². The van der Waals surface area contributed by atoms with E-state index in [2.05, 4.69) is 5.32 Å². The van der Waals surface area contributed by atoms with Crippen molar-refractivity contribution < 1.29 is 23.5 Å². The molecule has 0 saturated heterocycles. The molecular formula is C21H19NO5. The third-order valence-corrected chi connectivity index (χ3v) is 4.99. The molecule has 0 spiro atoms. The van der Waals surface area contributed by atoms with Crippen LogP contribution in [0.4, 0.5) is 0 Å². The number of benzene rings is 1. The predicted octanol–water partition coefficient (Wildman–Crippen LogP) is 3.34. The lowest BCUT2D eigenvalue weighted by molar-refractivity contribution is -0.144. The van der Waals surface area contributed by atoms with E-state index in [0.29, 0.717) is 28.4 Å². The van der Waals surface area contributed by atoms with Crippen molar-refractivity contribution in [3.8, 4) is 11.3 Å². The number of amides is 1. The minimum Gasteiger partial charge on any atom is -0.460 e. The van der Waals surface area contributed by atoms with Crippen LogP contribution in [0.1, 0.15) is 49.2 Å². The Labute approximate surface area is 156 Å². The van der Waals surface area contributed by atoms with E-state index >= 15 is 0 Å². The van der Waals surface area contributed by atoms with Crippen LogP contribution >= 0.6 is 0 Å². The topological polar surface area (TPSA) is 85.6 Å². The van der Waals surface area contributed by atoms with Gasteiger partial charge < -0.3 is 14.5 Å². The number of cyclic esters (lactones) is 1. The minimum absolute atomic E-state index is 0.00303. The van der Waals surface area contributed by atoms with Gasteiger partial charge in [-0.1, -0.05) is 24.3 Å². The number of hydrogen-bond donors (Lipinski definition) is 1. The summed E-state index contributed by atoms with van der Waals surface area (Å²) in [7, 11) is 0. The predicted molar refractivity (Wildman–Crippen MR) is 96.8 cm³/mol. The van der Waals surface area contributed by atoms with E-state index in [1.165, 1.54) is 6.92 Å². The molecule has 2 aliphatic rings. The smallest absolute Gasteiger partial charge is 0.337 e. The molecule has 0 fully saturated rings. The number of carbonyl (C=O) groups excluding carboxylic acids is 3. The van der Waals surface area contributed by atoms with E-state index in [1.807, 2.05) is 12.1 Å². The summed E-state index contributed by atoms with van der Waals surface area (Å²) in [6.07, 6.45) is 0.125. The van der Waals surface area contributed by atoms with Crippen LogP contribution in [0.2, 0.25) is 0 Å². The Morgan fingerprint density at radius 2 is 1.81 bits per heavy atom. The summed E-state index contributed by atoms with van der Waals surface area (Å²) in [6.45, 7) is 5.02. The Morgan fingerprint density at radius 3 is 2.48 bits per heavy atom. The van der Waals surface area contributed by atoms with Gasteiger partial charge in [0.2, 0.25) is 5.91 Å². The highest BCUT2D eigenvalue weighted by Gasteiger charge is 2.48. The molecule has 0 unspecified atom stereocenters. The zero-order valence-electron chi connectivity index (χ0n) is 15.3. The van der Waals surface area contributed by atoms with Crippen LogP contribution in [0.15, 0.2) is 52.1 Å². The summed E-state index contributed by atoms with van der Waals surface area (Å²) in [5.41, 5.74) is 1.54. The van der Waals surface area contributed by atoms with Crippen molar-refractivity contribution in [3.05, 3.63) is 59.0 Å². The second-order valence-corrected chi connectivity index (χ2v) is 7.33. The van der Waals surface area contributed by atoms with Crippen LogP contribution in [-0.2, 0) is 14.3 Å². The number of ether oxygens (including phenoxy) is 1. The highest BCUT2D eigenvalue weighted by Crippen LogP contribution is 2.43. The maximum Gasteiger partial charge on any atom is 0.337 e. The first-order chi connectivity index (χ1) is 12.8. The van der Waals surface area contributed by atoms with E-state index in [9.17, 15) is 14.4 Å². The van der Waals surface area contributed by atoms with Gasteiger partial charge in [0.1, 0.15) is 17.1 Å². The molecule has 1 aromatic carbocycles. The van der Waals surface area contributed by atoms with Crippen molar-refractivity contribution in [2.45, 2.75) is 38.7 Å². The first kappa shape index (κ1) is 17.3. The summed E-state index contributed by atoms with van der Waals surface area (Å²) in [4.78, 5) is 36.0. The second-order valence-electron chi connectivity index (χ2n) is 7.33. The zero-order valence-corrected chi connectivity index (χ0v) is 15.3. The molecule has 3 heterocycles. The van der Waals surface area contributed by atoms with E-state index < -0.39 is 17.5 Å². The van der Waals surface area contributed by atoms with Crippen molar-refractivity contribution in [1.82, 2.24) is 5.32 Å². The Balaban J connectivity index is 1.70. The van der Waals surface area contributed by atoms with Gasteiger partial charge in [0.05, 0.1) is 17.2 Å². The van der Waals surface area contributed by atoms with E-state index in [-0.39, 0.29) is 18.1 Å². The largest absolute Gasteiger partial charge is 0.460 e. The molecule has 0 bridgehead atoms. The van der Waals surface area contributed by atoms with Gasteiger partial charge in [0.15, 0.2) is 5.78 Å². The summed E-state index contributed by atoms with van der Waals surface area (Å²) in [5, 5.41) is 2.78. The van der Waals surface area contributed by atoms with Crippen LogP contribution in [0.25, 0.3) is 11.3 Å².